The van der Waals surface area contributed by atoms with Gasteiger partial charge in [-0.05, 0) is 18.6 Å². The Morgan fingerprint density at radius 2 is 2.20 bits per heavy atom. The molecule has 1 aliphatic heterocycles. The Kier molecular flexibility index (Phi) is 3.92. The van der Waals surface area contributed by atoms with E-state index in [4.69, 9.17) is 0 Å². The van der Waals surface area contributed by atoms with E-state index in [9.17, 15) is 4.79 Å². The van der Waals surface area contributed by atoms with Crippen molar-refractivity contribution in [2.24, 2.45) is 0 Å². The molecule has 1 aliphatic rings. The number of nitrogens with one attached hydrogen (secondary N) is 1. The SMILES string of the molecule is C=C/C=C1/NC(=O)N(C)C/C1=C/C=C\C. The molecule has 0 radical (unpaired) electrons. The Bertz CT molecular complexity index is 351. The lowest BCUT2D eigenvalue weighted by Crippen LogP contribution is -2.44. The van der Waals surface area contributed by atoms with Gasteiger partial charge in [-0.1, -0.05) is 30.9 Å². The molecule has 1 N–H and O–H groups in total. The minimum absolute atomic E-state index is 0.0827. The van der Waals surface area contributed by atoms with Crippen LogP contribution in [-0.2, 0) is 0 Å². The summed E-state index contributed by atoms with van der Waals surface area (Å²) in [5.74, 6) is 0. The summed E-state index contributed by atoms with van der Waals surface area (Å²) in [5.41, 5.74) is 1.90. The van der Waals surface area contributed by atoms with Crippen LogP contribution in [0.2, 0.25) is 0 Å². The van der Waals surface area contributed by atoms with E-state index in [-0.39, 0.29) is 6.03 Å². The van der Waals surface area contributed by atoms with Crippen LogP contribution in [0.3, 0.4) is 0 Å². The van der Waals surface area contributed by atoms with Crippen molar-refractivity contribution in [1.82, 2.24) is 10.2 Å². The quantitative estimate of drug-likeness (QED) is 0.735. The zero-order valence-electron chi connectivity index (χ0n) is 9.16. The normalized spacial score (nSPS) is 22.5. The molecule has 1 rings (SSSR count). The van der Waals surface area contributed by atoms with Gasteiger partial charge in [-0.15, -0.1) is 0 Å². The fourth-order valence-electron chi connectivity index (χ4n) is 1.32. The molecule has 0 unspecified atom stereocenters. The average Bonchev–Trinajstić information content (AvgIpc) is 2.21. The number of nitrogens with zero attached hydrogens (tertiary/aromatic N) is 1. The first kappa shape index (κ1) is 11.3. The summed E-state index contributed by atoms with van der Waals surface area (Å²) in [6, 6.07) is -0.0827. The predicted octanol–water partition coefficient (Wildman–Crippen LogP) is 2.21. The standard InChI is InChI=1S/C12H16N2O/c1-4-6-8-10-9-14(3)12(15)13-11(10)7-5-2/h4-8H,2,9H2,1,3H3,(H,13,15)/b6-4-,10-8-,11-7+. The van der Waals surface area contributed by atoms with Gasteiger partial charge in [0.05, 0.1) is 0 Å². The fourth-order valence-corrected chi connectivity index (χ4v) is 1.32. The molecule has 0 aliphatic carbocycles. The second-order valence-corrected chi connectivity index (χ2v) is 3.32. The number of carbonyl (C=O) groups is 1. The molecule has 80 valence electrons. The lowest BCUT2D eigenvalue weighted by atomic mass is 10.1. The van der Waals surface area contributed by atoms with E-state index < -0.39 is 0 Å². The molecule has 1 fully saturated rings. The maximum Gasteiger partial charge on any atom is 0.321 e. The smallest absolute Gasteiger partial charge is 0.321 e. The molecule has 3 nitrogen and oxygen atoms in total. The zero-order valence-corrected chi connectivity index (χ0v) is 9.16. The predicted molar refractivity (Wildman–Crippen MR) is 62.3 cm³/mol. The summed E-state index contributed by atoms with van der Waals surface area (Å²) < 4.78 is 0. The number of urea groups is 1. The monoisotopic (exact) mass is 204 g/mol. The van der Waals surface area contributed by atoms with Crippen LogP contribution in [-0.4, -0.2) is 24.5 Å². The van der Waals surface area contributed by atoms with Crippen molar-refractivity contribution >= 4 is 6.03 Å². The van der Waals surface area contributed by atoms with Crippen LogP contribution < -0.4 is 5.32 Å². The van der Waals surface area contributed by atoms with Gasteiger partial charge in [-0.3, -0.25) is 0 Å². The summed E-state index contributed by atoms with van der Waals surface area (Å²) >= 11 is 0. The van der Waals surface area contributed by atoms with Crippen LogP contribution in [0.25, 0.3) is 0 Å². The summed E-state index contributed by atoms with van der Waals surface area (Å²) in [6.45, 7) is 6.21. The highest BCUT2D eigenvalue weighted by Crippen LogP contribution is 2.14. The molecular weight excluding hydrogens is 188 g/mol. The van der Waals surface area contributed by atoms with E-state index in [1.54, 1.807) is 24.1 Å². The first-order valence-electron chi connectivity index (χ1n) is 4.86. The van der Waals surface area contributed by atoms with Gasteiger partial charge in [0.2, 0.25) is 0 Å². The number of hydrogen-bond acceptors (Lipinski definition) is 1. The molecule has 0 aromatic heterocycles. The van der Waals surface area contributed by atoms with Gasteiger partial charge >= 0.3 is 6.03 Å². The maximum atomic E-state index is 11.4. The van der Waals surface area contributed by atoms with E-state index in [0.29, 0.717) is 6.54 Å². The number of allylic oxidation sites excluding steroid dienone is 5. The molecule has 0 saturated carbocycles. The third-order valence-corrected chi connectivity index (χ3v) is 2.12. The van der Waals surface area contributed by atoms with E-state index in [1.165, 1.54) is 0 Å². The lowest BCUT2D eigenvalue weighted by Gasteiger charge is -2.27. The third-order valence-electron chi connectivity index (χ3n) is 2.12. The fraction of sp³-hybridized carbons (Fsp3) is 0.250. The van der Waals surface area contributed by atoms with Gasteiger partial charge in [0, 0.05) is 19.3 Å². The largest absolute Gasteiger partial charge is 0.323 e. The Hall–Kier alpha value is -1.77. The number of hydrogen-bond donors (Lipinski definition) is 1. The van der Waals surface area contributed by atoms with E-state index in [1.807, 2.05) is 25.2 Å². The van der Waals surface area contributed by atoms with Gasteiger partial charge in [0.25, 0.3) is 0 Å². The molecule has 0 spiro atoms. The number of likely N-dealkylation sites (N-methyl/N-ethyl adjacent to an activating group) is 1. The van der Waals surface area contributed by atoms with Gasteiger partial charge in [-0.25, -0.2) is 4.79 Å². The minimum atomic E-state index is -0.0827. The van der Waals surface area contributed by atoms with Crippen molar-refractivity contribution in [2.45, 2.75) is 6.92 Å². The Morgan fingerprint density at radius 1 is 1.47 bits per heavy atom. The van der Waals surface area contributed by atoms with Crippen LogP contribution in [0.5, 0.6) is 0 Å². The summed E-state index contributed by atoms with van der Waals surface area (Å²) in [6.07, 6.45) is 9.38. The number of rotatable bonds is 2. The molecule has 0 atom stereocenters. The molecule has 0 aromatic carbocycles. The highest BCUT2D eigenvalue weighted by Gasteiger charge is 2.20. The molecule has 0 aromatic rings. The van der Waals surface area contributed by atoms with Crippen LogP contribution in [0.4, 0.5) is 4.79 Å². The second-order valence-electron chi connectivity index (χ2n) is 3.32. The zero-order chi connectivity index (χ0) is 11.3. The molecule has 15 heavy (non-hydrogen) atoms. The maximum absolute atomic E-state index is 11.4. The summed E-state index contributed by atoms with van der Waals surface area (Å²) in [5, 5.41) is 2.80. The van der Waals surface area contributed by atoms with Crippen molar-refractivity contribution in [2.75, 3.05) is 13.6 Å². The van der Waals surface area contributed by atoms with Gasteiger partial charge in [0.1, 0.15) is 0 Å². The first-order chi connectivity index (χ1) is 7.19. The van der Waals surface area contributed by atoms with E-state index in [2.05, 4.69) is 11.9 Å². The molecule has 2 amide bonds. The number of carbonyl (C=O) groups excluding carboxylic acids is 1. The second kappa shape index (κ2) is 5.20. The van der Waals surface area contributed by atoms with Crippen LogP contribution in [0.1, 0.15) is 6.92 Å². The Morgan fingerprint density at radius 3 is 2.80 bits per heavy atom. The highest BCUT2D eigenvalue weighted by atomic mass is 16.2. The van der Waals surface area contributed by atoms with Gasteiger partial charge in [0.15, 0.2) is 0 Å². The first-order valence-corrected chi connectivity index (χ1v) is 4.86. The minimum Gasteiger partial charge on any atom is -0.323 e. The van der Waals surface area contributed by atoms with Crippen molar-refractivity contribution < 1.29 is 4.79 Å². The van der Waals surface area contributed by atoms with E-state index in [0.717, 1.165) is 11.3 Å². The molecule has 3 heteroatoms. The van der Waals surface area contributed by atoms with Gasteiger partial charge < -0.3 is 10.2 Å². The van der Waals surface area contributed by atoms with Crippen molar-refractivity contribution in [1.29, 1.82) is 0 Å². The number of amides is 2. The molecule has 0 bridgehead atoms. The lowest BCUT2D eigenvalue weighted by molar-refractivity contribution is 0.211. The van der Waals surface area contributed by atoms with Crippen LogP contribution in [0, 0.1) is 0 Å². The van der Waals surface area contributed by atoms with Crippen LogP contribution in [0.15, 0.2) is 48.2 Å². The molecule has 1 saturated heterocycles. The summed E-state index contributed by atoms with van der Waals surface area (Å²) in [7, 11) is 1.77. The van der Waals surface area contributed by atoms with E-state index >= 15 is 0 Å². The topological polar surface area (TPSA) is 32.3 Å². The van der Waals surface area contributed by atoms with Crippen molar-refractivity contribution in [3.63, 3.8) is 0 Å². The van der Waals surface area contributed by atoms with Crippen molar-refractivity contribution in [3.8, 4) is 0 Å². The Labute approximate surface area is 90.5 Å². The average molecular weight is 204 g/mol. The molecule has 1 heterocycles. The molecular formula is C12H16N2O. The Balaban J connectivity index is 2.96. The third kappa shape index (κ3) is 2.84. The highest BCUT2D eigenvalue weighted by molar-refractivity contribution is 5.79. The van der Waals surface area contributed by atoms with Crippen LogP contribution >= 0.6 is 0 Å². The van der Waals surface area contributed by atoms with Crippen molar-refractivity contribution in [3.05, 3.63) is 48.2 Å². The van der Waals surface area contributed by atoms with Gasteiger partial charge in [-0.2, -0.15) is 0 Å². The summed E-state index contributed by atoms with van der Waals surface area (Å²) in [4.78, 5) is 13.0.